The Bertz CT molecular complexity index is 708. The van der Waals surface area contributed by atoms with E-state index in [1.807, 2.05) is 13.0 Å². The van der Waals surface area contributed by atoms with E-state index in [2.05, 4.69) is 5.32 Å². The van der Waals surface area contributed by atoms with Gasteiger partial charge in [-0.2, -0.15) is 5.26 Å². The van der Waals surface area contributed by atoms with E-state index in [4.69, 9.17) is 21.6 Å². The summed E-state index contributed by atoms with van der Waals surface area (Å²) in [6.07, 6.45) is 0. The third-order valence-corrected chi connectivity index (χ3v) is 3.10. The molecule has 0 aliphatic heterocycles. The van der Waals surface area contributed by atoms with Gasteiger partial charge in [-0.05, 0) is 37.3 Å². The average molecular weight is 301 g/mol. The zero-order valence-electron chi connectivity index (χ0n) is 11.4. The van der Waals surface area contributed by atoms with Gasteiger partial charge in [-0.1, -0.05) is 23.7 Å². The van der Waals surface area contributed by atoms with Crippen LogP contribution in [0.25, 0.3) is 0 Å². The Balaban J connectivity index is 2.28. The number of amides is 1. The van der Waals surface area contributed by atoms with Crippen molar-refractivity contribution in [1.29, 1.82) is 5.26 Å². The zero-order chi connectivity index (χ0) is 15.2. The lowest BCUT2D eigenvalue weighted by atomic mass is 10.1. The minimum Gasteiger partial charge on any atom is -0.493 e. The lowest BCUT2D eigenvalue weighted by molar-refractivity contribution is 0.102. The molecule has 21 heavy (non-hydrogen) atoms. The molecular weight excluding hydrogens is 288 g/mol. The first-order valence-electron chi connectivity index (χ1n) is 6.38. The Morgan fingerprint density at radius 2 is 2.10 bits per heavy atom. The van der Waals surface area contributed by atoms with E-state index in [0.717, 1.165) is 0 Å². The van der Waals surface area contributed by atoms with Crippen LogP contribution in [0.1, 0.15) is 22.8 Å². The molecule has 1 N–H and O–H groups in total. The molecule has 2 aromatic rings. The van der Waals surface area contributed by atoms with Crippen molar-refractivity contribution in [2.45, 2.75) is 6.92 Å². The number of carbonyl (C=O) groups excluding carboxylic acids is 1. The van der Waals surface area contributed by atoms with Crippen LogP contribution in [0.5, 0.6) is 5.75 Å². The van der Waals surface area contributed by atoms with E-state index < -0.39 is 0 Å². The van der Waals surface area contributed by atoms with Gasteiger partial charge in [0.25, 0.3) is 5.91 Å². The minimum atomic E-state index is -0.337. The van der Waals surface area contributed by atoms with Gasteiger partial charge in [-0.25, -0.2) is 0 Å². The van der Waals surface area contributed by atoms with Crippen molar-refractivity contribution in [3.8, 4) is 11.8 Å². The number of carbonyl (C=O) groups is 1. The summed E-state index contributed by atoms with van der Waals surface area (Å²) in [5, 5.41) is 12.0. The number of anilines is 1. The van der Waals surface area contributed by atoms with Crippen molar-refractivity contribution in [1.82, 2.24) is 0 Å². The molecule has 0 spiro atoms. The quantitative estimate of drug-likeness (QED) is 0.932. The number of hydrogen-bond acceptors (Lipinski definition) is 3. The molecule has 0 aromatic heterocycles. The predicted molar refractivity (Wildman–Crippen MR) is 81.7 cm³/mol. The van der Waals surface area contributed by atoms with Crippen LogP contribution in [0.3, 0.4) is 0 Å². The van der Waals surface area contributed by atoms with Crippen LogP contribution in [-0.4, -0.2) is 12.5 Å². The molecule has 0 aliphatic rings. The van der Waals surface area contributed by atoms with Crippen molar-refractivity contribution >= 4 is 23.2 Å². The van der Waals surface area contributed by atoms with E-state index >= 15 is 0 Å². The first-order chi connectivity index (χ1) is 10.2. The summed E-state index contributed by atoms with van der Waals surface area (Å²) < 4.78 is 5.42. The lowest BCUT2D eigenvalue weighted by Gasteiger charge is -2.11. The van der Waals surface area contributed by atoms with E-state index in [0.29, 0.717) is 34.2 Å². The van der Waals surface area contributed by atoms with Crippen molar-refractivity contribution in [3.05, 3.63) is 58.6 Å². The van der Waals surface area contributed by atoms with Crippen LogP contribution < -0.4 is 10.1 Å². The highest BCUT2D eigenvalue weighted by Gasteiger charge is 2.13. The van der Waals surface area contributed by atoms with Crippen molar-refractivity contribution in [2.75, 3.05) is 11.9 Å². The Morgan fingerprint density at radius 3 is 2.81 bits per heavy atom. The molecule has 2 aromatic carbocycles. The Hall–Kier alpha value is -2.51. The summed E-state index contributed by atoms with van der Waals surface area (Å²) in [6, 6.07) is 13.6. The largest absolute Gasteiger partial charge is 0.493 e. The summed E-state index contributed by atoms with van der Waals surface area (Å²) in [6.45, 7) is 2.32. The monoisotopic (exact) mass is 300 g/mol. The maximum absolute atomic E-state index is 12.3. The molecule has 0 bridgehead atoms. The van der Waals surface area contributed by atoms with E-state index in [1.54, 1.807) is 36.4 Å². The van der Waals surface area contributed by atoms with Gasteiger partial charge in [0.1, 0.15) is 5.75 Å². The summed E-state index contributed by atoms with van der Waals surface area (Å²) in [5.74, 6) is 0.168. The number of benzene rings is 2. The summed E-state index contributed by atoms with van der Waals surface area (Å²) in [7, 11) is 0. The topological polar surface area (TPSA) is 62.1 Å². The fraction of sp³-hybridized carbons (Fsp3) is 0.125. The van der Waals surface area contributed by atoms with Gasteiger partial charge in [0, 0.05) is 0 Å². The molecule has 0 aliphatic carbocycles. The fourth-order valence-electron chi connectivity index (χ4n) is 1.82. The van der Waals surface area contributed by atoms with Crippen LogP contribution in [0, 0.1) is 11.3 Å². The highest BCUT2D eigenvalue weighted by molar-refractivity contribution is 6.34. The first-order valence-corrected chi connectivity index (χ1v) is 6.76. The van der Waals surface area contributed by atoms with Gasteiger partial charge in [0.05, 0.1) is 34.5 Å². The number of hydrogen-bond donors (Lipinski definition) is 1. The second kappa shape index (κ2) is 6.78. The molecule has 106 valence electrons. The van der Waals surface area contributed by atoms with Gasteiger partial charge < -0.3 is 10.1 Å². The van der Waals surface area contributed by atoms with Crippen LogP contribution in [-0.2, 0) is 0 Å². The molecule has 2 rings (SSSR count). The van der Waals surface area contributed by atoms with Crippen LogP contribution in [0.4, 0.5) is 5.69 Å². The number of nitrogens with one attached hydrogen (secondary N) is 1. The molecule has 0 saturated carbocycles. The van der Waals surface area contributed by atoms with E-state index in [-0.39, 0.29) is 5.91 Å². The average Bonchev–Trinajstić information content (AvgIpc) is 2.50. The van der Waals surface area contributed by atoms with Gasteiger partial charge in [0.2, 0.25) is 0 Å². The van der Waals surface area contributed by atoms with Crippen molar-refractivity contribution in [3.63, 3.8) is 0 Å². The fourth-order valence-corrected chi connectivity index (χ4v) is 1.98. The normalized spacial score (nSPS) is 9.76. The van der Waals surface area contributed by atoms with E-state index in [9.17, 15) is 4.79 Å². The SMILES string of the molecule is CCOc1ccccc1C(=O)Nc1cc(C#N)ccc1Cl. The Kier molecular flexibility index (Phi) is 4.81. The van der Waals surface area contributed by atoms with Crippen molar-refractivity contribution < 1.29 is 9.53 Å². The second-order valence-corrected chi connectivity index (χ2v) is 4.60. The third kappa shape index (κ3) is 3.53. The number of rotatable bonds is 4. The third-order valence-electron chi connectivity index (χ3n) is 2.78. The molecule has 0 atom stereocenters. The standard InChI is InChI=1S/C16H13ClN2O2/c1-2-21-15-6-4-3-5-12(15)16(20)19-14-9-11(10-18)7-8-13(14)17/h3-9H,2H2,1H3,(H,19,20). The number of nitrogens with zero attached hydrogens (tertiary/aromatic N) is 1. The summed E-state index contributed by atoms with van der Waals surface area (Å²) in [4.78, 5) is 12.3. The number of nitriles is 1. The van der Waals surface area contributed by atoms with E-state index in [1.165, 1.54) is 6.07 Å². The highest BCUT2D eigenvalue weighted by Crippen LogP contribution is 2.25. The Labute approximate surface area is 127 Å². The van der Waals surface area contributed by atoms with Crippen LogP contribution >= 0.6 is 11.6 Å². The number of para-hydroxylation sites is 1. The first kappa shape index (κ1) is 14.9. The molecule has 5 heteroatoms. The Morgan fingerprint density at radius 1 is 1.33 bits per heavy atom. The van der Waals surface area contributed by atoms with Gasteiger partial charge in [-0.3, -0.25) is 4.79 Å². The minimum absolute atomic E-state index is 0.337. The molecule has 0 fully saturated rings. The van der Waals surface area contributed by atoms with Gasteiger partial charge in [-0.15, -0.1) is 0 Å². The van der Waals surface area contributed by atoms with Crippen LogP contribution in [0.15, 0.2) is 42.5 Å². The molecular formula is C16H13ClN2O2. The lowest BCUT2D eigenvalue weighted by Crippen LogP contribution is -2.14. The van der Waals surface area contributed by atoms with Gasteiger partial charge >= 0.3 is 0 Å². The summed E-state index contributed by atoms with van der Waals surface area (Å²) >= 11 is 6.03. The number of halogens is 1. The second-order valence-electron chi connectivity index (χ2n) is 4.19. The van der Waals surface area contributed by atoms with Gasteiger partial charge in [0.15, 0.2) is 0 Å². The molecule has 4 nitrogen and oxygen atoms in total. The molecule has 0 saturated heterocycles. The molecule has 0 radical (unpaired) electrons. The molecule has 0 unspecified atom stereocenters. The maximum atomic E-state index is 12.3. The number of ether oxygens (including phenoxy) is 1. The zero-order valence-corrected chi connectivity index (χ0v) is 12.1. The summed E-state index contributed by atoms with van der Waals surface area (Å²) in [5.41, 5.74) is 1.23. The van der Waals surface area contributed by atoms with Crippen LogP contribution in [0.2, 0.25) is 5.02 Å². The smallest absolute Gasteiger partial charge is 0.259 e. The predicted octanol–water partition coefficient (Wildman–Crippen LogP) is 3.86. The molecule has 1 amide bonds. The molecule has 0 heterocycles. The highest BCUT2D eigenvalue weighted by atomic mass is 35.5. The van der Waals surface area contributed by atoms with Crippen molar-refractivity contribution in [2.24, 2.45) is 0 Å². The maximum Gasteiger partial charge on any atom is 0.259 e.